The van der Waals surface area contributed by atoms with Gasteiger partial charge in [0.25, 0.3) is 5.78 Å². The lowest BCUT2D eigenvalue weighted by molar-refractivity contribution is -0.147. The molecule has 1 aliphatic carbocycles. The Bertz CT molecular complexity index is 1430. The molecule has 0 spiro atoms. The lowest BCUT2D eigenvalue weighted by Crippen LogP contribution is -2.21. The molecule has 2 N–H and O–H groups in total. The Morgan fingerprint density at radius 1 is 0.800 bits per heavy atom. The van der Waals surface area contributed by atoms with E-state index in [0.717, 1.165) is 33.4 Å². The second kappa shape index (κ2) is 9.49. The maximum absolute atomic E-state index is 12.7. The summed E-state index contributed by atoms with van der Waals surface area (Å²) in [6.07, 6.45) is 3.02. The molecule has 5 heteroatoms. The topological polar surface area (TPSA) is 87.0 Å². The number of ketones is 1. The number of rotatable bonds is 7. The minimum atomic E-state index is -1.56. The van der Waals surface area contributed by atoms with Gasteiger partial charge in [-0.05, 0) is 39.8 Å². The van der Waals surface area contributed by atoms with Crippen LogP contribution in [0, 0.1) is 0 Å². The van der Waals surface area contributed by atoms with Gasteiger partial charge in [-0.15, -0.1) is 0 Å². The quantitative estimate of drug-likeness (QED) is 0.483. The third-order valence-corrected chi connectivity index (χ3v) is 6.32. The summed E-state index contributed by atoms with van der Waals surface area (Å²) in [7, 11) is 0. The number of aliphatic imine (C=N–C) groups is 1. The Morgan fingerprint density at radius 3 is 2.03 bits per heavy atom. The summed E-state index contributed by atoms with van der Waals surface area (Å²) in [5, 5.41) is 19.4. The van der Waals surface area contributed by atoms with Crippen LogP contribution in [0.1, 0.15) is 17.5 Å². The summed E-state index contributed by atoms with van der Waals surface area (Å²) < 4.78 is 0. The highest BCUT2D eigenvalue weighted by Gasteiger charge is 2.36. The van der Waals surface area contributed by atoms with Gasteiger partial charge in [0.2, 0.25) is 0 Å². The van der Waals surface area contributed by atoms with Gasteiger partial charge in [-0.25, -0.2) is 4.79 Å². The van der Waals surface area contributed by atoms with E-state index in [4.69, 9.17) is 0 Å². The number of hydrogen-bond donors (Lipinski definition) is 2. The molecular formula is C30H23NO4. The minimum Gasteiger partial charge on any atom is -0.475 e. The average Bonchev–Trinajstić information content (AvgIpc) is 3.29. The molecule has 0 aromatic heterocycles. The molecule has 0 amide bonds. The number of benzene rings is 3. The van der Waals surface area contributed by atoms with Crippen molar-refractivity contribution in [1.82, 2.24) is 0 Å². The zero-order valence-electron chi connectivity index (χ0n) is 18.9. The first kappa shape index (κ1) is 22.4. The first-order valence-electron chi connectivity index (χ1n) is 11.4. The fourth-order valence-electron chi connectivity index (χ4n) is 4.71. The van der Waals surface area contributed by atoms with E-state index in [-0.39, 0.29) is 11.3 Å². The van der Waals surface area contributed by atoms with Crippen molar-refractivity contribution in [3.63, 3.8) is 0 Å². The molecule has 0 radical (unpaired) electrons. The van der Waals surface area contributed by atoms with Crippen molar-refractivity contribution in [3.05, 3.63) is 125 Å². The number of carboxylic acids is 1. The number of Topliss-reactive ketones (excluding diaryl/α,β-unsaturated/α-hetero) is 1. The smallest absolute Gasteiger partial charge is 0.377 e. The molecule has 3 aromatic rings. The van der Waals surface area contributed by atoms with Gasteiger partial charge in [0.1, 0.15) is 0 Å². The van der Waals surface area contributed by atoms with Crippen LogP contribution < -0.4 is 0 Å². The van der Waals surface area contributed by atoms with Gasteiger partial charge in [0, 0.05) is 12.0 Å². The molecule has 0 bridgehead atoms. The van der Waals surface area contributed by atoms with Gasteiger partial charge in [-0.2, -0.15) is 0 Å². The van der Waals surface area contributed by atoms with Crippen molar-refractivity contribution in [1.29, 1.82) is 0 Å². The lowest BCUT2D eigenvalue weighted by atomic mass is 9.79. The molecule has 0 saturated heterocycles. The molecule has 5 nitrogen and oxygen atoms in total. The van der Waals surface area contributed by atoms with Gasteiger partial charge in [0.15, 0.2) is 0 Å². The van der Waals surface area contributed by atoms with Crippen molar-refractivity contribution < 1.29 is 19.8 Å². The van der Waals surface area contributed by atoms with Crippen LogP contribution in [0.3, 0.4) is 0 Å². The molecule has 172 valence electrons. The van der Waals surface area contributed by atoms with Crippen LogP contribution in [-0.2, 0) is 16.0 Å². The highest BCUT2D eigenvalue weighted by Crippen LogP contribution is 2.41. The van der Waals surface area contributed by atoms with E-state index in [9.17, 15) is 19.8 Å². The zero-order chi connectivity index (χ0) is 24.4. The van der Waals surface area contributed by atoms with Gasteiger partial charge >= 0.3 is 5.97 Å². The predicted molar refractivity (Wildman–Crippen MR) is 136 cm³/mol. The van der Waals surface area contributed by atoms with E-state index < -0.39 is 18.4 Å². The normalized spacial score (nSPS) is 15.0. The SMILES string of the molecule is O=C(O)C(=O)C1=C(CO)N=C2CC=C(c3ccc(-c4ccccc4)cc3)C(Cc3ccccc3)=C21. The molecule has 35 heavy (non-hydrogen) atoms. The van der Waals surface area contributed by atoms with Crippen molar-refractivity contribution in [2.24, 2.45) is 4.99 Å². The minimum absolute atomic E-state index is 0.00700. The van der Waals surface area contributed by atoms with Crippen LogP contribution in [-0.4, -0.2) is 34.3 Å². The molecular weight excluding hydrogens is 438 g/mol. The van der Waals surface area contributed by atoms with E-state index in [0.29, 0.717) is 24.1 Å². The van der Waals surface area contributed by atoms with Gasteiger partial charge in [-0.3, -0.25) is 9.79 Å². The highest BCUT2D eigenvalue weighted by atomic mass is 16.4. The Kier molecular flexibility index (Phi) is 6.08. The number of aliphatic hydroxyl groups excluding tert-OH is 1. The maximum atomic E-state index is 12.7. The number of carbonyl (C=O) groups excluding carboxylic acids is 1. The average molecular weight is 462 g/mol. The summed E-state index contributed by atoms with van der Waals surface area (Å²) in [6, 6.07) is 28.2. The molecule has 2 aliphatic rings. The molecule has 0 fully saturated rings. The molecule has 5 rings (SSSR count). The third kappa shape index (κ3) is 4.29. The standard InChI is InChI=1S/C30H23NO4/c32-18-26-28(29(33)30(34)35)27-24(17-19-7-3-1-4-8-19)23(15-16-25(27)31-26)22-13-11-21(12-14-22)20-9-5-2-6-10-20/h1-15,32H,16-18H2,(H,34,35). The lowest BCUT2D eigenvalue weighted by Gasteiger charge is -2.23. The maximum Gasteiger partial charge on any atom is 0.377 e. The van der Waals surface area contributed by atoms with Gasteiger partial charge < -0.3 is 10.2 Å². The van der Waals surface area contributed by atoms with Crippen molar-refractivity contribution in [3.8, 4) is 11.1 Å². The Balaban J connectivity index is 1.64. The van der Waals surface area contributed by atoms with E-state index >= 15 is 0 Å². The monoisotopic (exact) mass is 461 g/mol. The Hall–Kier alpha value is -4.35. The fourth-order valence-corrected chi connectivity index (χ4v) is 4.71. The number of carboxylic acid groups (broad SMARTS) is 1. The third-order valence-electron chi connectivity index (χ3n) is 6.32. The summed E-state index contributed by atoms with van der Waals surface area (Å²) in [5.74, 6) is -2.61. The zero-order valence-corrected chi connectivity index (χ0v) is 18.9. The summed E-state index contributed by atoms with van der Waals surface area (Å²) in [6.45, 7) is -0.499. The van der Waals surface area contributed by atoms with Crippen LogP contribution in [0.5, 0.6) is 0 Å². The van der Waals surface area contributed by atoms with Crippen LogP contribution >= 0.6 is 0 Å². The van der Waals surface area contributed by atoms with Crippen LogP contribution in [0.4, 0.5) is 0 Å². The summed E-state index contributed by atoms with van der Waals surface area (Å²) in [4.78, 5) is 28.8. The van der Waals surface area contributed by atoms with E-state index in [2.05, 4.69) is 35.3 Å². The fraction of sp³-hybridized carbons (Fsp3) is 0.100. The molecule has 1 aliphatic heterocycles. The Labute approximate surface area is 203 Å². The first-order chi connectivity index (χ1) is 17.1. The highest BCUT2D eigenvalue weighted by molar-refractivity contribution is 6.44. The molecule has 0 unspecified atom stereocenters. The van der Waals surface area contributed by atoms with E-state index in [1.54, 1.807) is 0 Å². The van der Waals surface area contributed by atoms with Crippen molar-refractivity contribution >= 4 is 23.0 Å². The largest absolute Gasteiger partial charge is 0.475 e. The predicted octanol–water partition coefficient (Wildman–Crippen LogP) is 5.03. The summed E-state index contributed by atoms with van der Waals surface area (Å²) in [5.41, 5.74) is 7.26. The van der Waals surface area contributed by atoms with Crippen LogP contribution in [0.15, 0.2) is 118 Å². The van der Waals surface area contributed by atoms with E-state index in [1.165, 1.54) is 0 Å². The van der Waals surface area contributed by atoms with Gasteiger partial charge in [0.05, 0.1) is 23.6 Å². The van der Waals surface area contributed by atoms with Gasteiger partial charge in [-0.1, -0.05) is 91.0 Å². The van der Waals surface area contributed by atoms with Crippen molar-refractivity contribution in [2.75, 3.05) is 6.61 Å². The number of aliphatic carboxylic acids is 1. The second-order valence-electron chi connectivity index (χ2n) is 8.45. The Morgan fingerprint density at radius 2 is 1.40 bits per heavy atom. The number of allylic oxidation sites excluding steroid dienone is 4. The molecule has 1 heterocycles. The molecule has 0 atom stereocenters. The number of aliphatic hydroxyl groups is 1. The van der Waals surface area contributed by atoms with Crippen LogP contribution in [0.25, 0.3) is 16.7 Å². The number of nitrogens with zero attached hydrogens (tertiary/aromatic N) is 1. The van der Waals surface area contributed by atoms with Crippen LogP contribution in [0.2, 0.25) is 0 Å². The number of fused-ring (bicyclic) bond motifs is 1. The number of carbonyl (C=O) groups is 2. The second-order valence-corrected chi connectivity index (χ2v) is 8.45. The summed E-state index contributed by atoms with van der Waals surface area (Å²) >= 11 is 0. The first-order valence-corrected chi connectivity index (χ1v) is 11.4. The number of hydrogen-bond acceptors (Lipinski definition) is 4. The molecule has 0 saturated carbocycles. The molecule has 3 aromatic carbocycles. The van der Waals surface area contributed by atoms with E-state index in [1.807, 2.05) is 60.7 Å². The van der Waals surface area contributed by atoms with Crippen molar-refractivity contribution in [2.45, 2.75) is 12.8 Å².